The molecule has 4 rings (SSSR count). The van der Waals surface area contributed by atoms with Gasteiger partial charge in [-0.25, -0.2) is 4.98 Å². The van der Waals surface area contributed by atoms with Gasteiger partial charge in [-0.05, 0) is 13.0 Å². The van der Waals surface area contributed by atoms with Crippen molar-refractivity contribution in [2.75, 3.05) is 45.8 Å². The Morgan fingerprint density at radius 2 is 2.08 bits per heavy atom. The van der Waals surface area contributed by atoms with E-state index in [0.717, 1.165) is 62.8 Å². The molecule has 2 saturated heterocycles. The molecule has 140 valence electrons. The van der Waals surface area contributed by atoms with Gasteiger partial charge in [0.2, 0.25) is 0 Å². The number of carbonyl (C=O) groups is 1. The van der Waals surface area contributed by atoms with Crippen LogP contribution in [-0.4, -0.2) is 87.2 Å². The summed E-state index contributed by atoms with van der Waals surface area (Å²) in [7, 11) is 1.88. The molecule has 4 heterocycles. The summed E-state index contributed by atoms with van der Waals surface area (Å²) >= 11 is 1.51. The average Bonchev–Trinajstić information content (AvgIpc) is 3.41. The Kier molecular flexibility index (Phi) is 5.06. The predicted molar refractivity (Wildman–Crippen MR) is 102 cm³/mol. The molecule has 0 N–H and O–H groups in total. The van der Waals surface area contributed by atoms with Gasteiger partial charge in [0.25, 0.3) is 5.91 Å². The van der Waals surface area contributed by atoms with Crippen LogP contribution in [-0.2, 0) is 7.05 Å². The summed E-state index contributed by atoms with van der Waals surface area (Å²) < 4.78 is 1.75. The summed E-state index contributed by atoms with van der Waals surface area (Å²) in [4.78, 5) is 24.4. The minimum atomic E-state index is 0.0612. The molecule has 0 radical (unpaired) electrons. The molecule has 0 spiro atoms. The maximum Gasteiger partial charge on any atom is 0.273 e. The van der Waals surface area contributed by atoms with E-state index in [4.69, 9.17) is 0 Å². The van der Waals surface area contributed by atoms with Gasteiger partial charge >= 0.3 is 0 Å². The first kappa shape index (κ1) is 17.6. The van der Waals surface area contributed by atoms with Gasteiger partial charge in [0.05, 0.1) is 6.20 Å². The Balaban J connectivity index is 1.37. The van der Waals surface area contributed by atoms with E-state index in [0.29, 0.717) is 11.7 Å². The van der Waals surface area contributed by atoms with Crippen molar-refractivity contribution >= 4 is 17.2 Å². The van der Waals surface area contributed by atoms with Gasteiger partial charge < -0.3 is 9.80 Å². The maximum absolute atomic E-state index is 12.8. The standard InChI is InChI=1S/C18H26N6OS/c1-3-22-6-8-23(9-7-22)15-4-5-24(12-15)18(25)16-13-26-17(20-16)14-10-19-21(2)11-14/h10-11,13,15H,3-9,12H2,1-2H3. The van der Waals surface area contributed by atoms with E-state index in [1.165, 1.54) is 11.3 Å². The van der Waals surface area contributed by atoms with Crippen molar-refractivity contribution in [2.45, 2.75) is 19.4 Å². The fourth-order valence-corrected chi connectivity index (χ4v) is 4.64. The topological polar surface area (TPSA) is 57.5 Å². The van der Waals surface area contributed by atoms with Crippen molar-refractivity contribution in [3.05, 3.63) is 23.5 Å². The zero-order valence-electron chi connectivity index (χ0n) is 15.5. The number of likely N-dealkylation sites (tertiary alicyclic amines) is 1. The Morgan fingerprint density at radius 1 is 1.27 bits per heavy atom. The van der Waals surface area contributed by atoms with Crippen LogP contribution in [0.2, 0.25) is 0 Å². The average molecular weight is 375 g/mol. The first-order chi connectivity index (χ1) is 12.6. The highest BCUT2D eigenvalue weighted by atomic mass is 32.1. The highest BCUT2D eigenvalue weighted by Gasteiger charge is 2.33. The molecule has 0 bridgehead atoms. The Hall–Kier alpha value is -1.77. The highest BCUT2D eigenvalue weighted by Crippen LogP contribution is 2.25. The van der Waals surface area contributed by atoms with Crippen molar-refractivity contribution in [2.24, 2.45) is 7.05 Å². The molecule has 1 unspecified atom stereocenters. The predicted octanol–water partition coefficient (Wildman–Crippen LogP) is 1.40. The van der Waals surface area contributed by atoms with E-state index in [1.54, 1.807) is 10.9 Å². The number of hydrogen-bond acceptors (Lipinski definition) is 6. The van der Waals surface area contributed by atoms with Gasteiger partial charge in [-0.3, -0.25) is 14.4 Å². The minimum absolute atomic E-state index is 0.0612. The molecule has 8 heteroatoms. The minimum Gasteiger partial charge on any atom is -0.336 e. The number of carbonyl (C=O) groups excluding carboxylic acids is 1. The van der Waals surface area contributed by atoms with Crippen molar-refractivity contribution in [3.8, 4) is 10.6 Å². The Labute approximate surface area is 158 Å². The number of likely N-dealkylation sites (N-methyl/N-ethyl adjacent to an activating group) is 1. The zero-order chi connectivity index (χ0) is 18.1. The second kappa shape index (κ2) is 7.46. The monoisotopic (exact) mass is 374 g/mol. The van der Waals surface area contributed by atoms with E-state index in [2.05, 4.69) is 26.8 Å². The van der Waals surface area contributed by atoms with Crippen LogP contribution >= 0.6 is 11.3 Å². The number of piperazine rings is 1. The van der Waals surface area contributed by atoms with Crippen LogP contribution in [0.4, 0.5) is 0 Å². The van der Waals surface area contributed by atoms with Crippen molar-refractivity contribution in [1.29, 1.82) is 0 Å². The third-order valence-electron chi connectivity index (χ3n) is 5.50. The third kappa shape index (κ3) is 3.54. The molecule has 0 aromatic carbocycles. The van der Waals surface area contributed by atoms with Gasteiger partial charge in [-0.1, -0.05) is 6.92 Å². The summed E-state index contributed by atoms with van der Waals surface area (Å²) in [5.74, 6) is 0.0612. The molecule has 2 fully saturated rings. The molecule has 2 aromatic rings. The molecule has 2 aliphatic heterocycles. The molecule has 2 aliphatic rings. The molecule has 1 atom stereocenters. The lowest BCUT2D eigenvalue weighted by atomic mass is 10.2. The van der Waals surface area contributed by atoms with Crippen molar-refractivity contribution in [1.82, 2.24) is 29.5 Å². The van der Waals surface area contributed by atoms with Crippen LogP contribution in [0, 0.1) is 0 Å². The molecule has 0 saturated carbocycles. The van der Waals surface area contributed by atoms with Crippen LogP contribution < -0.4 is 0 Å². The smallest absolute Gasteiger partial charge is 0.273 e. The number of amides is 1. The number of nitrogens with zero attached hydrogens (tertiary/aromatic N) is 6. The number of aromatic nitrogens is 3. The van der Waals surface area contributed by atoms with Crippen molar-refractivity contribution < 1.29 is 4.79 Å². The van der Waals surface area contributed by atoms with Crippen LogP contribution in [0.1, 0.15) is 23.8 Å². The normalized spacial score (nSPS) is 22.2. The van der Waals surface area contributed by atoms with E-state index in [9.17, 15) is 4.79 Å². The van der Waals surface area contributed by atoms with Crippen LogP contribution in [0.5, 0.6) is 0 Å². The fraction of sp³-hybridized carbons (Fsp3) is 0.611. The number of aryl methyl sites for hydroxylation is 1. The summed E-state index contributed by atoms with van der Waals surface area (Å²) in [6, 6.07) is 0.495. The van der Waals surface area contributed by atoms with Gasteiger partial charge in [-0.2, -0.15) is 5.10 Å². The van der Waals surface area contributed by atoms with E-state index in [-0.39, 0.29) is 5.91 Å². The molecule has 0 aliphatic carbocycles. The molecule has 1 amide bonds. The summed E-state index contributed by atoms with van der Waals surface area (Å²) in [5.41, 5.74) is 1.52. The largest absolute Gasteiger partial charge is 0.336 e. The lowest BCUT2D eigenvalue weighted by Gasteiger charge is -2.37. The highest BCUT2D eigenvalue weighted by molar-refractivity contribution is 7.13. The number of hydrogen-bond donors (Lipinski definition) is 0. The summed E-state index contributed by atoms with van der Waals surface area (Å²) in [6.45, 7) is 9.52. The summed E-state index contributed by atoms with van der Waals surface area (Å²) in [5, 5.41) is 6.90. The van der Waals surface area contributed by atoms with Crippen molar-refractivity contribution in [3.63, 3.8) is 0 Å². The molecule has 2 aromatic heterocycles. The first-order valence-electron chi connectivity index (χ1n) is 9.34. The Bertz CT molecular complexity index is 763. The van der Waals surface area contributed by atoms with Gasteiger partial charge in [-0.15, -0.1) is 11.3 Å². The lowest BCUT2D eigenvalue weighted by Crippen LogP contribution is -2.51. The first-order valence-corrected chi connectivity index (χ1v) is 10.2. The Morgan fingerprint density at radius 3 is 2.77 bits per heavy atom. The van der Waals surface area contributed by atoms with Gasteiger partial charge in [0.15, 0.2) is 0 Å². The summed E-state index contributed by atoms with van der Waals surface area (Å²) in [6.07, 6.45) is 4.78. The molecular weight excluding hydrogens is 348 g/mol. The second-order valence-electron chi connectivity index (χ2n) is 7.10. The fourth-order valence-electron chi connectivity index (χ4n) is 3.87. The van der Waals surface area contributed by atoms with Crippen LogP contribution in [0.25, 0.3) is 10.6 Å². The number of rotatable bonds is 4. The van der Waals surface area contributed by atoms with E-state index in [1.807, 2.05) is 23.5 Å². The van der Waals surface area contributed by atoms with E-state index >= 15 is 0 Å². The SMILES string of the molecule is CCN1CCN(C2CCN(C(=O)c3csc(-c4cnn(C)c4)n3)C2)CC1. The van der Waals surface area contributed by atoms with Gasteiger partial charge in [0.1, 0.15) is 10.7 Å². The third-order valence-corrected chi connectivity index (χ3v) is 6.39. The molecular formula is C18H26N6OS. The van der Waals surface area contributed by atoms with Gasteiger partial charge in [0, 0.05) is 69.5 Å². The van der Waals surface area contributed by atoms with Crippen LogP contribution in [0.3, 0.4) is 0 Å². The van der Waals surface area contributed by atoms with Crippen LogP contribution in [0.15, 0.2) is 17.8 Å². The zero-order valence-corrected chi connectivity index (χ0v) is 16.3. The lowest BCUT2D eigenvalue weighted by molar-refractivity contribution is 0.0741. The molecule has 26 heavy (non-hydrogen) atoms. The molecule has 7 nitrogen and oxygen atoms in total. The quantitative estimate of drug-likeness (QED) is 0.810. The van der Waals surface area contributed by atoms with E-state index < -0.39 is 0 Å². The number of thiazole rings is 1. The maximum atomic E-state index is 12.8. The second-order valence-corrected chi connectivity index (χ2v) is 7.96.